The van der Waals surface area contributed by atoms with E-state index in [0.717, 1.165) is 5.92 Å². The Kier molecular flexibility index (Phi) is 3.03. The first-order valence-electron chi connectivity index (χ1n) is 5.57. The molecule has 74 valence electrons. The summed E-state index contributed by atoms with van der Waals surface area (Å²) in [5.41, 5.74) is 1.62. The van der Waals surface area contributed by atoms with Crippen LogP contribution in [0.25, 0.3) is 0 Å². The molecule has 14 heavy (non-hydrogen) atoms. The molecule has 2 unspecified atom stereocenters. The summed E-state index contributed by atoms with van der Waals surface area (Å²) >= 11 is 0. The van der Waals surface area contributed by atoms with E-state index in [1.807, 2.05) is 0 Å². The van der Waals surface area contributed by atoms with E-state index in [-0.39, 0.29) is 0 Å². The molecule has 0 N–H and O–H groups in total. The third kappa shape index (κ3) is 2.06. The average Bonchev–Trinajstić information content (AvgIpc) is 2.30. The molecule has 0 saturated heterocycles. The van der Waals surface area contributed by atoms with Gasteiger partial charge in [-0.05, 0) is 31.1 Å². The molecular weight excluding hydrogens is 168 g/mol. The van der Waals surface area contributed by atoms with E-state index in [2.05, 4.69) is 49.5 Å². The van der Waals surface area contributed by atoms with E-state index in [0.29, 0.717) is 5.92 Å². The lowest BCUT2D eigenvalue weighted by Gasteiger charge is -2.25. The summed E-state index contributed by atoms with van der Waals surface area (Å²) in [5.74, 6) is 1.43. The molecule has 0 aromatic carbocycles. The zero-order valence-corrected chi connectivity index (χ0v) is 8.82. The second kappa shape index (κ2) is 4.45. The highest BCUT2D eigenvalue weighted by molar-refractivity contribution is 5.23. The van der Waals surface area contributed by atoms with Crippen LogP contribution in [0.3, 0.4) is 0 Å². The van der Waals surface area contributed by atoms with Crippen LogP contribution in [-0.4, -0.2) is 0 Å². The minimum atomic E-state index is 0.709. The van der Waals surface area contributed by atoms with E-state index in [4.69, 9.17) is 0 Å². The van der Waals surface area contributed by atoms with Gasteiger partial charge in [0.05, 0.1) is 0 Å². The van der Waals surface area contributed by atoms with Crippen LogP contribution in [0.5, 0.6) is 0 Å². The van der Waals surface area contributed by atoms with Crippen LogP contribution in [0.2, 0.25) is 0 Å². The topological polar surface area (TPSA) is 0 Å². The van der Waals surface area contributed by atoms with Crippen molar-refractivity contribution in [3.63, 3.8) is 0 Å². The Balaban J connectivity index is 2.03. The van der Waals surface area contributed by atoms with Crippen LogP contribution in [0, 0.1) is 11.8 Å². The second-order valence-electron chi connectivity index (χ2n) is 4.21. The first-order valence-corrected chi connectivity index (χ1v) is 5.57. The van der Waals surface area contributed by atoms with Gasteiger partial charge in [0.15, 0.2) is 0 Å². The summed E-state index contributed by atoms with van der Waals surface area (Å²) in [7, 11) is 0. The van der Waals surface area contributed by atoms with Crippen LogP contribution in [-0.2, 0) is 0 Å². The van der Waals surface area contributed by atoms with E-state index < -0.39 is 0 Å². The maximum absolute atomic E-state index is 2.36. The van der Waals surface area contributed by atoms with E-state index >= 15 is 0 Å². The molecule has 0 nitrogen and oxygen atoms in total. The predicted molar refractivity (Wildman–Crippen MR) is 62.0 cm³/mol. The van der Waals surface area contributed by atoms with Gasteiger partial charge in [0, 0.05) is 0 Å². The zero-order chi connectivity index (χ0) is 9.80. The molecule has 2 aliphatic rings. The van der Waals surface area contributed by atoms with E-state index in [1.165, 1.54) is 19.3 Å². The van der Waals surface area contributed by atoms with Crippen LogP contribution in [0.1, 0.15) is 26.2 Å². The Morgan fingerprint density at radius 3 is 2.79 bits per heavy atom. The minimum absolute atomic E-state index is 0.709. The summed E-state index contributed by atoms with van der Waals surface area (Å²) < 4.78 is 0. The van der Waals surface area contributed by atoms with Crippen LogP contribution >= 0.6 is 0 Å². The molecule has 0 bridgehead atoms. The fourth-order valence-corrected chi connectivity index (χ4v) is 2.25. The lowest BCUT2D eigenvalue weighted by Crippen LogP contribution is -2.13. The maximum atomic E-state index is 2.36. The molecule has 2 aliphatic carbocycles. The fraction of sp³-hybridized carbons (Fsp3) is 0.429. The minimum Gasteiger partial charge on any atom is -0.0842 e. The van der Waals surface area contributed by atoms with Crippen molar-refractivity contribution in [3.8, 4) is 0 Å². The molecule has 0 aromatic rings. The van der Waals surface area contributed by atoms with Crippen molar-refractivity contribution in [2.24, 2.45) is 11.8 Å². The van der Waals surface area contributed by atoms with E-state index in [1.54, 1.807) is 5.57 Å². The molecule has 0 heteroatoms. The smallest absolute Gasteiger partial charge is 0.0133 e. The van der Waals surface area contributed by atoms with Crippen LogP contribution < -0.4 is 0 Å². The maximum Gasteiger partial charge on any atom is -0.0133 e. The molecule has 0 fully saturated rings. The van der Waals surface area contributed by atoms with Crippen molar-refractivity contribution in [3.05, 3.63) is 48.1 Å². The summed E-state index contributed by atoms with van der Waals surface area (Å²) in [6.07, 6.45) is 19.4. The van der Waals surface area contributed by atoms with Crippen LogP contribution in [0.15, 0.2) is 48.1 Å². The van der Waals surface area contributed by atoms with Gasteiger partial charge in [-0.3, -0.25) is 0 Å². The van der Waals surface area contributed by atoms with Crippen molar-refractivity contribution in [1.29, 1.82) is 0 Å². The Bertz CT molecular complexity index is 302. The van der Waals surface area contributed by atoms with Gasteiger partial charge in [-0.1, -0.05) is 55.0 Å². The summed E-state index contributed by atoms with van der Waals surface area (Å²) in [6, 6.07) is 0. The number of hydrogen-bond acceptors (Lipinski definition) is 0. The Morgan fingerprint density at radius 2 is 2.14 bits per heavy atom. The summed E-state index contributed by atoms with van der Waals surface area (Å²) in [4.78, 5) is 0. The highest BCUT2D eigenvalue weighted by atomic mass is 14.2. The highest BCUT2D eigenvalue weighted by Gasteiger charge is 2.18. The third-order valence-corrected chi connectivity index (χ3v) is 3.29. The Labute approximate surface area is 86.7 Å². The first-order chi connectivity index (χ1) is 6.88. The van der Waals surface area contributed by atoms with Gasteiger partial charge in [-0.25, -0.2) is 0 Å². The third-order valence-electron chi connectivity index (χ3n) is 3.29. The van der Waals surface area contributed by atoms with Gasteiger partial charge in [-0.15, -0.1) is 0 Å². The molecule has 0 aromatic heterocycles. The van der Waals surface area contributed by atoms with Crippen molar-refractivity contribution in [1.82, 2.24) is 0 Å². The summed E-state index contributed by atoms with van der Waals surface area (Å²) in [5, 5.41) is 0. The van der Waals surface area contributed by atoms with Gasteiger partial charge >= 0.3 is 0 Å². The number of allylic oxidation sites excluding steroid dienone is 8. The van der Waals surface area contributed by atoms with Crippen molar-refractivity contribution >= 4 is 0 Å². The summed E-state index contributed by atoms with van der Waals surface area (Å²) in [6.45, 7) is 2.36. The molecule has 2 atom stereocenters. The molecule has 0 amide bonds. The Morgan fingerprint density at radius 1 is 1.21 bits per heavy atom. The van der Waals surface area contributed by atoms with E-state index in [9.17, 15) is 0 Å². The number of rotatable bonds is 2. The molecular formula is C14H18. The van der Waals surface area contributed by atoms with Gasteiger partial charge in [0.1, 0.15) is 0 Å². The first kappa shape index (κ1) is 9.51. The molecule has 0 heterocycles. The van der Waals surface area contributed by atoms with Gasteiger partial charge < -0.3 is 0 Å². The van der Waals surface area contributed by atoms with Gasteiger partial charge in [0.25, 0.3) is 0 Å². The highest BCUT2D eigenvalue weighted by Crippen LogP contribution is 2.30. The number of hydrogen-bond donors (Lipinski definition) is 0. The quantitative estimate of drug-likeness (QED) is 0.610. The standard InChI is InChI=1S/C14H18/c1-12(13-8-4-2-5-9-13)14-10-6-3-7-11-14/h2-6,8,10,12-13H,7,9,11H2,1H3. The largest absolute Gasteiger partial charge is 0.0842 e. The van der Waals surface area contributed by atoms with Crippen LogP contribution in [0.4, 0.5) is 0 Å². The average molecular weight is 186 g/mol. The molecule has 0 radical (unpaired) electrons. The zero-order valence-electron chi connectivity index (χ0n) is 8.82. The monoisotopic (exact) mass is 186 g/mol. The molecule has 2 rings (SSSR count). The predicted octanol–water partition coefficient (Wildman–Crippen LogP) is 4.03. The van der Waals surface area contributed by atoms with Crippen molar-refractivity contribution in [2.75, 3.05) is 0 Å². The Hall–Kier alpha value is -1.04. The molecule has 0 aliphatic heterocycles. The molecule has 0 spiro atoms. The van der Waals surface area contributed by atoms with Crippen molar-refractivity contribution in [2.45, 2.75) is 26.2 Å². The lowest BCUT2D eigenvalue weighted by molar-refractivity contribution is 0.476. The fourth-order valence-electron chi connectivity index (χ4n) is 2.25. The van der Waals surface area contributed by atoms with Crippen molar-refractivity contribution < 1.29 is 0 Å². The SMILES string of the molecule is CC(C1=CC=CCC1)C1C=CC=CC1. The normalized spacial score (nSPS) is 27.5. The lowest BCUT2D eigenvalue weighted by atomic mass is 9.80. The second-order valence-corrected chi connectivity index (χ2v) is 4.21. The van der Waals surface area contributed by atoms with Gasteiger partial charge in [0.2, 0.25) is 0 Å². The molecule has 0 saturated carbocycles. The van der Waals surface area contributed by atoms with Gasteiger partial charge in [-0.2, -0.15) is 0 Å².